The van der Waals surface area contributed by atoms with Gasteiger partial charge >= 0.3 is 83.0 Å². The van der Waals surface area contributed by atoms with Gasteiger partial charge in [-0.2, -0.15) is 0 Å². The predicted octanol–water partition coefficient (Wildman–Crippen LogP) is -1.83. The number of hydrogen-bond donors (Lipinski definition) is 0. The van der Waals surface area contributed by atoms with Crippen molar-refractivity contribution in [3.8, 4) is 0 Å². The van der Waals surface area contributed by atoms with Crippen molar-refractivity contribution in [1.82, 2.24) is 0 Å². The molecule has 0 bridgehead atoms. The zero-order chi connectivity index (χ0) is 0. The first-order valence-corrected chi connectivity index (χ1v) is 0. The maximum Gasteiger partial charge on any atom is 2.00 e. The summed E-state index contributed by atoms with van der Waals surface area (Å²) in [7, 11) is 0. The minimum atomic E-state index is 0. The first kappa shape index (κ1) is 174. The van der Waals surface area contributed by atoms with E-state index in [0.29, 0.717) is 0 Å². The SMILES string of the molecule is [Hg+2].[Hg+2].[Hg+2].[OH-].[OH-].[OH-].[OH-].[OH-].[OH-].[Sb].[Sb]. The van der Waals surface area contributed by atoms with E-state index >= 15 is 0 Å². The van der Waals surface area contributed by atoms with Gasteiger partial charge in [0.15, 0.2) is 0 Å². The summed E-state index contributed by atoms with van der Waals surface area (Å²) in [5, 5.41) is 0. The van der Waals surface area contributed by atoms with E-state index in [4.69, 9.17) is 0 Å². The van der Waals surface area contributed by atoms with Gasteiger partial charge in [-0.1, -0.05) is 0 Å². The molecule has 0 saturated heterocycles. The molecule has 0 saturated carbocycles. The minimum Gasteiger partial charge on any atom is -0.870 e. The standard InChI is InChI=1S/3Hg.6H2O.2Sb/h;;;6*1H2;;/q3*+2;;;;;;;;/p-6. The fourth-order valence-corrected chi connectivity index (χ4v) is 0. The average molecular weight is 947 g/mol. The van der Waals surface area contributed by atoms with E-state index in [2.05, 4.69) is 0 Å². The fourth-order valence-electron chi connectivity index (χ4n) is 0. The Labute approximate surface area is 161 Å². The molecule has 6 radical (unpaired) electrons. The van der Waals surface area contributed by atoms with Crippen LogP contribution in [0, 0.1) is 0 Å². The molecule has 0 aliphatic rings. The third-order valence-electron chi connectivity index (χ3n) is 0. The van der Waals surface area contributed by atoms with Gasteiger partial charge in [0.25, 0.3) is 0 Å². The fraction of sp³-hybridized carbons (Fsp3) is 0. The molecule has 0 aromatic rings. The van der Waals surface area contributed by atoms with Crippen LogP contribution in [-0.2, 0) is 83.0 Å². The largest absolute Gasteiger partial charge is 2.00 e. The average Bonchev–Trinajstić information content (AvgIpc) is 0. The summed E-state index contributed by atoms with van der Waals surface area (Å²) in [6.45, 7) is 0. The van der Waals surface area contributed by atoms with Crippen LogP contribution in [0.25, 0.3) is 0 Å². The summed E-state index contributed by atoms with van der Waals surface area (Å²) in [4.78, 5) is 0. The van der Waals surface area contributed by atoms with Crippen molar-refractivity contribution in [2.45, 2.75) is 0 Å². The van der Waals surface area contributed by atoms with Crippen LogP contribution in [0.15, 0.2) is 0 Å². The van der Waals surface area contributed by atoms with Gasteiger partial charge in [0.1, 0.15) is 0 Å². The van der Waals surface area contributed by atoms with Crippen LogP contribution >= 0.6 is 0 Å². The van der Waals surface area contributed by atoms with Crippen LogP contribution in [0.5, 0.6) is 0 Å². The van der Waals surface area contributed by atoms with E-state index < -0.39 is 0 Å². The van der Waals surface area contributed by atoms with Crippen molar-refractivity contribution in [2.75, 3.05) is 0 Å². The smallest absolute Gasteiger partial charge is 0.870 e. The Morgan fingerprint density at radius 3 is 0.273 bits per heavy atom. The zero-order valence-corrected chi connectivity index (χ0v) is 27.3. The van der Waals surface area contributed by atoms with E-state index in [1.807, 2.05) is 0 Å². The topological polar surface area (TPSA) is 180 Å². The van der Waals surface area contributed by atoms with Gasteiger partial charge in [-0.05, 0) is 0 Å². The van der Waals surface area contributed by atoms with Gasteiger partial charge in [0.05, 0.1) is 0 Å². The maximum absolute atomic E-state index is 0. The summed E-state index contributed by atoms with van der Waals surface area (Å²) >= 11 is 0. The molecule has 0 unspecified atom stereocenters. The molecule has 58 valence electrons. The van der Waals surface area contributed by atoms with Gasteiger partial charge in [-0.3, -0.25) is 0 Å². The first-order valence-electron chi connectivity index (χ1n) is 0. The summed E-state index contributed by atoms with van der Waals surface area (Å²) < 4.78 is 0. The predicted molar refractivity (Wildman–Crippen MR) is 23.1 cm³/mol. The Morgan fingerprint density at radius 2 is 0.273 bits per heavy atom. The van der Waals surface area contributed by atoms with Crippen molar-refractivity contribution < 1.29 is 116 Å². The second-order valence-electron chi connectivity index (χ2n) is 0. The summed E-state index contributed by atoms with van der Waals surface area (Å²) in [6, 6.07) is 0. The van der Waals surface area contributed by atoms with Gasteiger partial charge in [0.2, 0.25) is 0 Å². The van der Waals surface area contributed by atoms with Gasteiger partial charge < -0.3 is 32.9 Å². The second-order valence-corrected chi connectivity index (χ2v) is 0. The van der Waals surface area contributed by atoms with Crippen molar-refractivity contribution in [3.63, 3.8) is 0 Å². The van der Waals surface area contributed by atoms with Crippen LogP contribution in [0.1, 0.15) is 0 Å². The van der Waals surface area contributed by atoms with Crippen LogP contribution in [0.4, 0.5) is 0 Å². The van der Waals surface area contributed by atoms with Gasteiger partial charge in [0, 0.05) is 48.9 Å². The molecular formula is H6Hg3O6Sb2. The summed E-state index contributed by atoms with van der Waals surface area (Å²) in [6.07, 6.45) is 0. The molecule has 0 atom stereocenters. The molecule has 0 amide bonds. The zero-order valence-electron chi connectivity index (χ0n) is 5.70. The second kappa shape index (κ2) is 140. The van der Waals surface area contributed by atoms with Crippen LogP contribution in [-0.4, -0.2) is 81.7 Å². The minimum absolute atomic E-state index is 0. The van der Waals surface area contributed by atoms with Gasteiger partial charge in [-0.15, -0.1) is 0 Å². The Hall–Kier alpha value is 4.20. The first-order chi connectivity index (χ1) is 0. The normalized spacial score (nSPS) is 0. The summed E-state index contributed by atoms with van der Waals surface area (Å²) in [5.74, 6) is 0. The van der Waals surface area contributed by atoms with Crippen molar-refractivity contribution in [1.29, 1.82) is 0 Å². The molecule has 11 heteroatoms. The van der Waals surface area contributed by atoms with Crippen molar-refractivity contribution >= 4 is 48.9 Å². The van der Waals surface area contributed by atoms with Crippen molar-refractivity contribution in [2.24, 2.45) is 0 Å². The Bertz CT molecular complexity index is 15.8. The van der Waals surface area contributed by atoms with Crippen LogP contribution in [0.2, 0.25) is 0 Å². The number of hydrogen-bond acceptors (Lipinski definition) is 6. The maximum atomic E-state index is 0. The van der Waals surface area contributed by atoms with E-state index in [1.54, 1.807) is 0 Å². The van der Waals surface area contributed by atoms with Crippen LogP contribution in [0.3, 0.4) is 0 Å². The molecule has 0 heterocycles. The molecule has 6 N–H and O–H groups in total. The monoisotopic (exact) mass is 950 g/mol. The van der Waals surface area contributed by atoms with Gasteiger partial charge in [-0.25, -0.2) is 0 Å². The third kappa shape index (κ3) is 120. The van der Waals surface area contributed by atoms with E-state index in [1.165, 1.54) is 0 Å². The van der Waals surface area contributed by atoms with E-state index in [-0.39, 0.29) is 165 Å². The van der Waals surface area contributed by atoms with Crippen LogP contribution < -0.4 is 0 Å². The quantitative estimate of drug-likeness (QED) is 0.258. The molecule has 0 aromatic heterocycles. The molecule has 6 nitrogen and oxygen atoms in total. The van der Waals surface area contributed by atoms with Crippen molar-refractivity contribution in [3.05, 3.63) is 0 Å². The molecular weight excluding hydrogens is 941 g/mol. The molecule has 0 aliphatic carbocycles. The molecule has 11 heavy (non-hydrogen) atoms. The molecule has 0 rings (SSSR count). The number of rotatable bonds is 0. The van der Waals surface area contributed by atoms with E-state index in [9.17, 15) is 0 Å². The molecule has 0 aromatic carbocycles. The third-order valence-corrected chi connectivity index (χ3v) is 0. The Morgan fingerprint density at radius 1 is 0.273 bits per heavy atom. The Kier molecular flexibility index (Phi) is 2210. The summed E-state index contributed by atoms with van der Waals surface area (Å²) in [5.41, 5.74) is 0. The van der Waals surface area contributed by atoms with E-state index in [0.717, 1.165) is 0 Å². The molecule has 0 aliphatic heterocycles. The Balaban J connectivity index is 0. The molecule has 0 spiro atoms. The molecule has 0 fully saturated rings.